The smallest absolute Gasteiger partial charge is 0.184 e. The van der Waals surface area contributed by atoms with E-state index >= 15 is 0 Å². The van der Waals surface area contributed by atoms with Crippen LogP contribution in [0.4, 0.5) is 0 Å². The van der Waals surface area contributed by atoms with Crippen molar-refractivity contribution < 1.29 is 0 Å². The van der Waals surface area contributed by atoms with Gasteiger partial charge in [0, 0.05) is 40.8 Å². The van der Waals surface area contributed by atoms with Gasteiger partial charge in [-0.1, -0.05) is 18.2 Å². The van der Waals surface area contributed by atoms with E-state index in [0.717, 1.165) is 48.2 Å². The number of benzene rings is 1. The molecule has 0 aliphatic heterocycles. The van der Waals surface area contributed by atoms with E-state index in [1.807, 2.05) is 26.1 Å². The Kier molecular flexibility index (Phi) is 3.01. The quantitative estimate of drug-likeness (QED) is 0.414. The van der Waals surface area contributed by atoms with Gasteiger partial charge in [-0.2, -0.15) is 0 Å². The minimum Gasteiger partial charge on any atom is -0.350 e. The molecule has 136 valence electrons. The second-order valence-corrected chi connectivity index (χ2v) is 8.16. The van der Waals surface area contributed by atoms with Crippen LogP contribution in [-0.4, -0.2) is 29.1 Å². The molecule has 5 heterocycles. The molecule has 0 bridgehead atoms. The van der Waals surface area contributed by atoms with Gasteiger partial charge in [0.1, 0.15) is 15.9 Å². The topological polar surface area (TPSA) is 60.9 Å². The minimum atomic E-state index is 0.712. The number of fused-ring (bicyclic) bond motifs is 6. The molecule has 0 saturated carbocycles. The van der Waals surface area contributed by atoms with Gasteiger partial charge >= 0.3 is 0 Å². The number of rotatable bonds is 1. The number of aryl methyl sites for hydroxylation is 3. The van der Waals surface area contributed by atoms with Gasteiger partial charge in [-0.05, 0) is 31.5 Å². The molecule has 0 aliphatic carbocycles. The molecular formula is C21H16N6S. The molecule has 0 aliphatic rings. The number of hydrogen-bond acceptors (Lipinski definition) is 5. The molecule has 6 nitrogen and oxygen atoms in total. The molecule has 0 saturated heterocycles. The summed E-state index contributed by atoms with van der Waals surface area (Å²) in [5, 5.41) is 6.98. The number of hydrogen-bond donors (Lipinski definition) is 0. The summed E-state index contributed by atoms with van der Waals surface area (Å²) in [6.45, 7) is 4.13. The molecular weight excluding hydrogens is 368 g/mol. The van der Waals surface area contributed by atoms with Crippen molar-refractivity contribution >= 4 is 48.3 Å². The zero-order valence-corrected chi connectivity index (χ0v) is 16.4. The van der Waals surface area contributed by atoms with Crippen molar-refractivity contribution in [2.75, 3.05) is 0 Å². The number of pyridine rings is 1. The maximum atomic E-state index is 4.90. The van der Waals surface area contributed by atoms with Crippen LogP contribution in [0.2, 0.25) is 0 Å². The van der Waals surface area contributed by atoms with Crippen molar-refractivity contribution in [3.63, 3.8) is 0 Å². The molecule has 0 spiro atoms. The lowest BCUT2D eigenvalue weighted by molar-refractivity contribution is 0.936. The van der Waals surface area contributed by atoms with Crippen LogP contribution in [0.25, 0.3) is 48.4 Å². The highest BCUT2D eigenvalue weighted by molar-refractivity contribution is 7.26. The van der Waals surface area contributed by atoms with E-state index in [1.54, 1.807) is 22.2 Å². The molecule has 6 aromatic rings. The second-order valence-electron chi connectivity index (χ2n) is 7.16. The fourth-order valence-electron chi connectivity index (χ4n) is 4.00. The molecule has 0 atom stereocenters. The summed E-state index contributed by atoms with van der Waals surface area (Å²) in [4.78, 5) is 15.3. The zero-order valence-electron chi connectivity index (χ0n) is 15.6. The maximum Gasteiger partial charge on any atom is 0.184 e. The highest BCUT2D eigenvalue weighted by atomic mass is 32.1. The zero-order chi connectivity index (χ0) is 19.0. The first-order valence-corrected chi connectivity index (χ1v) is 9.88. The highest BCUT2D eigenvalue weighted by Crippen LogP contribution is 2.36. The van der Waals surface area contributed by atoms with Crippen molar-refractivity contribution in [3.8, 4) is 11.4 Å². The van der Waals surface area contributed by atoms with Crippen molar-refractivity contribution in [3.05, 3.63) is 54.1 Å². The van der Waals surface area contributed by atoms with E-state index in [1.165, 1.54) is 5.56 Å². The predicted octanol–water partition coefficient (Wildman–Crippen LogP) is 4.66. The molecule has 0 amide bonds. The van der Waals surface area contributed by atoms with Gasteiger partial charge in [0.25, 0.3) is 0 Å². The lowest BCUT2D eigenvalue weighted by Gasteiger charge is -1.98. The Morgan fingerprint density at radius 3 is 2.82 bits per heavy atom. The highest BCUT2D eigenvalue weighted by Gasteiger charge is 2.18. The molecule has 0 unspecified atom stereocenters. The Balaban J connectivity index is 1.68. The SMILES string of the molecule is Cc1cc(C)c2c(n1)sc1c2ncn2nc(-c3cn(C)c4ccccc34)nc12. The summed E-state index contributed by atoms with van der Waals surface area (Å²) in [5.74, 6) is 0.712. The summed E-state index contributed by atoms with van der Waals surface area (Å²) < 4.78 is 4.91. The molecule has 0 radical (unpaired) electrons. The molecule has 7 heteroatoms. The molecule has 0 fully saturated rings. The lowest BCUT2D eigenvalue weighted by Crippen LogP contribution is -1.90. The van der Waals surface area contributed by atoms with E-state index in [0.29, 0.717) is 5.82 Å². The first-order chi connectivity index (χ1) is 13.6. The molecule has 6 rings (SSSR count). The van der Waals surface area contributed by atoms with E-state index in [4.69, 9.17) is 15.1 Å². The van der Waals surface area contributed by atoms with E-state index in [2.05, 4.69) is 40.9 Å². The van der Waals surface area contributed by atoms with Crippen LogP contribution in [0.3, 0.4) is 0 Å². The Bertz CT molecular complexity index is 1550. The van der Waals surface area contributed by atoms with Crippen LogP contribution < -0.4 is 0 Å². The van der Waals surface area contributed by atoms with Gasteiger partial charge in [-0.3, -0.25) is 0 Å². The Hall–Kier alpha value is -3.32. The van der Waals surface area contributed by atoms with Gasteiger partial charge in [-0.25, -0.2) is 19.5 Å². The van der Waals surface area contributed by atoms with Gasteiger partial charge < -0.3 is 4.57 Å². The van der Waals surface area contributed by atoms with Crippen LogP contribution in [-0.2, 0) is 7.05 Å². The standard InChI is InChI=1S/C21H16N6S/c1-11-8-12(2)23-21-16(11)17-18(28-21)20-24-19(25-27(20)10-22-17)14-9-26(3)15-7-5-4-6-13(14)15/h4-10H,1-3H3. The van der Waals surface area contributed by atoms with Crippen LogP contribution in [0, 0.1) is 13.8 Å². The largest absolute Gasteiger partial charge is 0.350 e. The minimum absolute atomic E-state index is 0.712. The summed E-state index contributed by atoms with van der Waals surface area (Å²) in [7, 11) is 2.05. The predicted molar refractivity (Wildman–Crippen MR) is 113 cm³/mol. The summed E-state index contributed by atoms with van der Waals surface area (Å²) in [5.41, 5.74) is 6.19. The fraction of sp³-hybridized carbons (Fsp3) is 0.143. The number of thiophene rings is 1. The van der Waals surface area contributed by atoms with Gasteiger partial charge in [-0.15, -0.1) is 16.4 Å². The summed E-state index contributed by atoms with van der Waals surface area (Å²) in [6.07, 6.45) is 3.84. The Morgan fingerprint density at radius 2 is 1.93 bits per heavy atom. The van der Waals surface area contributed by atoms with Crippen molar-refractivity contribution in [2.45, 2.75) is 13.8 Å². The summed E-state index contributed by atoms with van der Waals surface area (Å²) in [6, 6.07) is 10.4. The molecule has 5 aromatic heterocycles. The lowest BCUT2D eigenvalue weighted by atomic mass is 10.1. The third-order valence-electron chi connectivity index (χ3n) is 5.23. The second kappa shape index (κ2) is 5.36. The third-order valence-corrected chi connectivity index (χ3v) is 6.30. The number of nitrogens with zero attached hydrogens (tertiary/aromatic N) is 6. The van der Waals surface area contributed by atoms with Crippen molar-refractivity contribution in [1.82, 2.24) is 29.1 Å². The first kappa shape index (κ1) is 15.7. The number of aromatic nitrogens is 6. The van der Waals surface area contributed by atoms with E-state index in [-0.39, 0.29) is 0 Å². The van der Waals surface area contributed by atoms with Crippen LogP contribution in [0.5, 0.6) is 0 Å². The number of para-hydroxylation sites is 1. The molecule has 28 heavy (non-hydrogen) atoms. The third kappa shape index (κ3) is 2.02. The van der Waals surface area contributed by atoms with Gasteiger partial charge in [0.2, 0.25) is 0 Å². The first-order valence-electron chi connectivity index (χ1n) is 9.06. The monoisotopic (exact) mass is 384 g/mol. The maximum absolute atomic E-state index is 4.90. The van der Waals surface area contributed by atoms with Crippen molar-refractivity contribution in [2.24, 2.45) is 7.05 Å². The Labute approximate surface area is 164 Å². The van der Waals surface area contributed by atoms with Crippen LogP contribution in [0.1, 0.15) is 11.3 Å². The average Bonchev–Trinajstić information content (AvgIpc) is 3.34. The average molecular weight is 384 g/mol. The van der Waals surface area contributed by atoms with E-state index < -0.39 is 0 Å². The van der Waals surface area contributed by atoms with Crippen LogP contribution in [0.15, 0.2) is 42.9 Å². The van der Waals surface area contributed by atoms with Gasteiger partial charge in [0.05, 0.1) is 5.52 Å². The molecule has 1 aromatic carbocycles. The Morgan fingerprint density at radius 1 is 1.07 bits per heavy atom. The van der Waals surface area contributed by atoms with Crippen LogP contribution >= 0.6 is 11.3 Å². The normalized spacial score (nSPS) is 12.1. The molecule has 0 N–H and O–H groups in total. The van der Waals surface area contributed by atoms with E-state index in [9.17, 15) is 0 Å². The van der Waals surface area contributed by atoms with Crippen molar-refractivity contribution in [1.29, 1.82) is 0 Å². The summed E-state index contributed by atoms with van der Waals surface area (Å²) >= 11 is 1.63. The fourth-order valence-corrected chi connectivity index (χ4v) is 5.23. The van der Waals surface area contributed by atoms with Gasteiger partial charge in [0.15, 0.2) is 11.5 Å².